The Kier molecular flexibility index (Phi) is 5.84. The Labute approximate surface area is 158 Å². The molecule has 3 rings (SSSR count). The Morgan fingerprint density at radius 1 is 1.15 bits per heavy atom. The summed E-state index contributed by atoms with van der Waals surface area (Å²) < 4.78 is 29.8. The van der Waals surface area contributed by atoms with Crippen molar-refractivity contribution in [2.24, 2.45) is 0 Å². The summed E-state index contributed by atoms with van der Waals surface area (Å²) in [6.45, 7) is 2.34. The van der Waals surface area contributed by atoms with Crippen LogP contribution < -0.4 is 14.2 Å². The van der Waals surface area contributed by atoms with Gasteiger partial charge in [0.25, 0.3) is 5.91 Å². The van der Waals surface area contributed by atoms with Crippen LogP contribution in [-0.4, -0.2) is 37.7 Å². The second-order valence-electron chi connectivity index (χ2n) is 6.51. The number of likely N-dealkylation sites (tertiary alicyclic amines) is 1. The normalized spacial score (nSPS) is 17.5. The Morgan fingerprint density at radius 3 is 2.67 bits per heavy atom. The summed E-state index contributed by atoms with van der Waals surface area (Å²) in [6, 6.07) is 11.4. The van der Waals surface area contributed by atoms with Crippen LogP contribution >= 0.6 is 0 Å². The predicted octanol–water partition coefficient (Wildman–Crippen LogP) is 3.97. The number of carbonyl (C=O) groups is 1. The van der Waals surface area contributed by atoms with Gasteiger partial charge in [-0.1, -0.05) is 6.07 Å². The van der Waals surface area contributed by atoms with E-state index in [-0.39, 0.29) is 11.9 Å². The number of benzene rings is 2. The minimum absolute atomic E-state index is 0.0862. The van der Waals surface area contributed by atoms with Gasteiger partial charge in [-0.15, -0.1) is 0 Å². The van der Waals surface area contributed by atoms with Gasteiger partial charge in [0, 0.05) is 24.2 Å². The largest absolute Gasteiger partial charge is 0.497 e. The summed E-state index contributed by atoms with van der Waals surface area (Å²) in [4.78, 5) is 14.8. The molecule has 27 heavy (non-hydrogen) atoms. The number of rotatable bonds is 6. The SMILES string of the molecule is COc1ccc([C@H]2CCCN2C(=O)[C@H](C)Oc2cccc(F)c2)c(OC)c1. The van der Waals surface area contributed by atoms with Crippen molar-refractivity contribution >= 4 is 5.91 Å². The van der Waals surface area contributed by atoms with Crippen LogP contribution in [0.3, 0.4) is 0 Å². The standard InChI is InChI=1S/C21H24FNO4/c1-14(27-17-7-4-6-15(22)12-17)21(24)23-11-5-8-19(23)18-10-9-16(25-2)13-20(18)26-3/h4,6-7,9-10,12-14,19H,5,8,11H2,1-3H3/t14-,19+/m0/s1. The molecule has 1 fully saturated rings. The fourth-order valence-electron chi connectivity index (χ4n) is 3.48. The van der Waals surface area contributed by atoms with Crippen LogP contribution in [0.5, 0.6) is 17.2 Å². The highest BCUT2D eigenvalue weighted by Crippen LogP contribution is 2.39. The van der Waals surface area contributed by atoms with Gasteiger partial charge in [0.05, 0.1) is 20.3 Å². The van der Waals surface area contributed by atoms with E-state index in [4.69, 9.17) is 14.2 Å². The van der Waals surface area contributed by atoms with E-state index in [0.717, 1.165) is 18.4 Å². The van der Waals surface area contributed by atoms with E-state index in [1.54, 1.807) is 33.3 Å². The molecule has 1 heterocycles. The van der Waals surface area contributed by atoms with E-state index in [9.17, 15) is 9.18 Å². The quantitative estimate of drug-likeness (QED) is 0.769. The van der Waals surface area contributed by atoms with Crippen LogP contribution in [0.15, 0.2) is 42.5 Å². The highest BCUT2D eigenvalue weighted by atomic mass is 19.1. The molecule has 144 valence electrons. The number of carbonyl (C=O) groups excluding carboxylic acids is 1. The molecule has 1 aliphatic rings. The predicted molar refractivity (Wildman–Crippen MR) is 99.7 cm³/mol. The molecule has 0 N–H and O–H groups in total. The van der Waals surface area contributed by atoms with Crippen LogP contribution in [0, 0.1) is 5.82 Å². The Morgan fingerprint density at radius 2 is 1.96 bits per heavy atom. The lowest BCUT2D eigenvalue weighted by atomic mass is 10.0. The van der Waals surface area contributed by atoms with E-state index in [1.807, 2.05) is 23.1 Å². The van der Waals surface area contributed by atoms with Crippen molar-refractivity contribution in [1.82, 2.24) is 4.90 Å². The minimum Gasteiger partial charge on any atom is -0.497 e. The average Bonchev–Trinajstić information content (AvgIpc) is 3.16. The van der Waals surface area contributed by atoms with Gasteiger partial charge >= 0.3 is 0 Å². The summed E-state index contributed by atoms with van der Waals surface area (Å²) in [5, 5.41) is 0. The van der Waals surface area contributed by atoms with Gasteiger partial charge in [-0.25, -0.2) is 4.39 Å². The number of methoxy groups -OCH3 is 2. The molecule has 0 aromatic heterocycles. The maximum atomic E-state index is 13.3. The number of ether oxygens (including phenoxy) is 3. The maximum Gasteiger partial charge on any atom is 0.263 e. The van der Waals surface area contributed by atoms with E-state index < -0.39 is 11.9 Å². The summed E-state index contributed by atoms with van der Waals surface area (Å²) in [5.41, 5.74) is 0.946. The number of amides is 1. The second-order valence-corrected chi connectivity index (χ2v) is 6.51. The number of nitrogens with zero attached hydrogens (tertiary/aromatic N) is 1. The molecule has 0 spiro atoms. The van der Waals surface area contributed by atoms with Crippen molar-refractivity contribution < 1.29 is 23.4 Å². The zero-order chi connectivity index (χ0) is 19.4. The van der Waals surface area contributed by atoms with Gasteiger partial charge in [0.2, 0.25) is 0 Å². The first-order chi connectivity index (χ1) is 13.0. The molecule has 1 aliphatic heterocycles. The van der Waals surface area contributed by atoms with Crippen LogP contribution in [0.1, 0.15) is 31.4 Å². The van der Waals surface area contributed by atoms with Crippen molar-refractivity contribution in [3.8, 4) is 17.2 Å². The third-order valence-corrected chi connectivity index (χ3v) is 4.79. The van der Waals surface area contributed by atoms with Gasteiger partial charge in [-0.05, 0) is 44.0 Å². The third-order valence-electron chi connectivity index (χ3n) is 4.79. The van der Waals surface area contributed by atoms with Crippen molar-refractivity contribution in [1.29, 1.82) is 0 Å². The highest BCUT2D eigenvalue weighted by Gasteiger charge is 2.34. The Bertz CT molecular complexity index is 811. The topological polar surface area (TPSA) is 48.0 Å². The minimum atomic E-state index is -0.711. The van der Waals surface area contributed by atoms with Crippen LogP contribution in [0.4, 0.5) is 4.39 Å². The highest BCUT2D eigenvalue weighted by molar-refractivity contribution is 5.81. The molecule has 2 atom stereocenters. The molecule has 0 saturated carbocycles. The molecule has 0 unspecified atom stereocenters. The maximum absolute atomic E-state index is 13.3. The lowest BCUT2D eigenvalue weighted by Crippen LogP contribution is -2.40. The number of halogens is 1. The van der Waals surface area contributed by atoms with Crippen LogP contribution in [0.2, 0.25) is 0 Å². The van der Waals surface area contributed by atoms with Crippen molar-refractivity contribution in [3.05, 3.63) is 53.8 Å². The first kappa shape index (κ1) is 19.0. The molecular formula is C21H24FNO4. The first-order valence-corrected chi connectivity index (χ1v) is 8.98. The van der Waals surface area contributed by atoms with E-state index in [1.165, 1.54) is 12.1 Å². The Hall–Kier alpha value is -2.76. The van der Waals surface area contributed by atoms with Gasteiger partial charge in [-0.2, -0.15) is 0 Å². The van der Waals surface area contributed by atoms with Crippen molar-refractivity contribution in [2.45, 2.75) is 31.9 Å². The van der Waals surface area contributed by atoms with Gasteiger partial charge in [0.1, 0.15) is 23.1 Å². The summed E-state index contributed by atoms with van der Waals surface area (Å²) in [7, 11) is 3.21. The summed E-state index contributed by atoms with van der Waals surface area (Å²) in [6.07, 6.45) is 1.04. The molecule has 6 heteroatoms. The first-order valence-electron chi connectivity index (χ1n) is 8.98. The zero-order valence-corrected chi connectivity index (χ0v) is 15.8. The van der Waals surface area contributed by atoms with Crippen molar-refractivity contribution in [3.63, 3.8) is 0 Å². The Balaban J connectivity index is 1.78. The fourth-order valence-corrected chi connectivity index (χ4v) is 3.48. The molecule has 0 bridgehead atoms. The smallest absolute Gasteiger partial charge is 0.263 e. The van der Waals surface area contributed by atoms with E-state index >= 15 is 0 Å². The zero-order valence-electron chi connectivity index (χ0n) is 15.8. The third kappa shape index (κ3) is 4.15. The van der Waals surface area contributed by atoms with Crippen molar-refractivity contribution in [2.75, 3.05) is 20.8 Å². The molecule has 0 aliphatic carbocycles. The van der Waals surface area contributed by atoms with Gasteiger partial charge in [0.15, 0.2) is 6.10 Å². The average molecular weight is 373 g/mol. The molecular weight excluding hydrogens is 349 g/mol. The monoisotopic (exact) mass is 373 g/mol. The molecule has 2 aromatic carbocycles. The lowest BCUT2D eigenvalue weighted by Gasteiger charge is -2.29. The van der Waals surface area contributed by atoms with E-state index in [0.29, 0.717) is 23.8 Å². The molecule has 0 radical (unpaired) electrons. The fraction of sp³-hybridized carbons (Fsp3) is 0.381. The van der Waals surface area contributed by atoms with Crippen LogP contribution in [0.25, 0.3) is 0 Å². The molecule has 1 amide bonds. The summed E-state index contributed by atoms with van der Waals surface area (Å²) >= 11 is 0. The van der Waals surface area contributed by atoms with Gasteiger partial charge < -0.3 is 19.1 Å². The van der Waals surface area contributed by atoms with E-state index in [2.05, 4.69) is 0 Å². The molecule has 5 nitrogen and oxygen atoms in total. The number of hydrogen-bond donors (Lipinski definition) is 0. The summed E-state index contributed by atoms with van der Waals surface area (Å²) in [5.74, 6) is 1.22. The van der Waals surface area contributed by atoms with Gasteiger partial charge in [-0.3, -0.25) is 4.79 Å². The number of hydrogen-bond acceptors (Lipinski definition) is 4. The molecule has 1 saturated heterocycles. The van der Waals surface area contributed by atoms with Crippen LogP contribution in [-0.2, 0) is 4.79 Å². The molecule has 2 aromatic rings. The lowest BCUT2D eigenvalue weighted by molar-refractivity contribution is -0.139. The second kappa shape index (κ2) is 8.29.